The molecule has 5 heteroatoms. The lowest BCUT2D eigenvalue weighted by atomic mass is 10.1. The molecule has 116 valence electrons. The van der Waals surface area contributed by atoms with Gasteiger partial charge in [0.25, 0.3) is 5.91 Å². The summed E-state index contributed by atoms with van der Waals surface area (Å²) in [5, 5.41) is 4.10. The van der Waals surface area contributed by atoms with Crippen LogP contribution in [0.2, 0.25) is 5.02 Å². The van der Waals surface area contributed by atoms with Crippen molar-refractivity contribution in [2.75, 3.05) is 0 Å². The van der Waals surface area contributed by atoms with Gasteiger partial charge in [0.1, 0.15) is 0 Å². The molecule has 1 aliphatic heterocycles. The van der Waals surface area contributed by atoms with Crippen molar-refractivity contribution in [1.82, 2.24) is 5.32 Å². The van der Waals surface area contributed by atoms with Crippen molar-refractivity contribution in [2.45, 2.75) is 13.8 Å². The highest BCUT2D eigenvalue weighted by atomic mass is 35.5. The molecular formula is C18H15ClN2OS. The van der Waals surface area contributed by atoms with Crippen molar-refractivity contribution in [3.8, 4) is 0 Å². The van der Waals surface area contributed by atoms with E-state index in [0.717, 1.165) is 22.4 Å². The number of carbonyl (C=O) groups excluding carboxylic acids is 1. The van der Waals surface area contributed by atoms with Gasteiger partial charge in [-0.1, -0.05) is 41.9 Å². The fourth-order valence-electron chi connectivity index (χ4n) is 2.27. The van der Waals surface area contributed by atoms with Crippen LogP contribution in [0.25, 0.3) is 6.08 Å². The number of amidine groups is 1. The summed E-state index contributed by atoms with van der Waals surface area (Å²) in [5.41, 5.74) is 4.01. The molecule has 2 aromatic carbocycles. The van der Waals surface area contributed by atoms with E-state index >= 15 is 0 Å². The van der Waals surface area contributed by atoms with E-state index in [1.54, 1.807) is 12.1 Å². The molecule has 0 aromatic heterocycles. The van der Waals surface area contributed by atoms with Crippen molar-refractivity contribution in [2.24, 2.45) is 4.99 Å². The number of amides is 1. The van der Waals surface area contributed by atoms with Crippen LogP contribution in [-0.2, 0) is 4.79 Å². The molecule has 0 atom stereocenters. The highest BCUT2D eigenvalue weighted by Crippen LogP contribution is 2.30. The largest absolute Gasteiger partial charge is 0.300 e. The number of para-hydroxylation sites is 1. The van der Waals surface area contributed by atoms with E-state index in [1.165, 1.54) is 11.8 Å². The van der Waals surface area contributed by atoms with Crippen LogP contribution in [0.4, 0.5) is 5.69 Å². The van der Waals surface area contributed by atoms with Crippen LogP contribution >= 0.6 is 23.4 Å². The summed E-state index contributed by atoms with van der Waals surface area (Å²) in [6.45, 7) is 4.02. The molecule has 0 aliphatic carbocycles. The topological polar surface area (TPSA) is 41.5 Å². The molecule has 1 fully saturated rings. The lowest BCUT2D eigenvalue weighted by molar-refractivity contribution is -0.115. The van der Waals surface area contributed by atoms with Crippen LogP contribution in [0.5, 0.6) is 0 Å². The van der Waals surface area contributed by atoms with Crippen molar-refractivity contribution < 1.29 is 4.79 Å². The minimum absolute atomic E-state index is 0.130. The van der Waals surface area contributed by atoms with E-state index < -0.39 is 0 Å². The molecule has 0 unspecified atom stereocenters. The third-order valence-electron chi connectivity index (χ3n) is 3.47. The molecule has 1 heterocycles. The maximum atomic E-state index is 12.1. The standard InChI is InChI=1S/C18H15ClN2OS/c1-11-4-3-5-12(2)16(11)20-18-21-17(22)15(23-18)10-13-6-8-14(19)9-7-13/h3-10H,1-2H3,(H,20,21,22)/b15-10+. The quantitative estimate of drug-likeness (QED) is 0.793. The second-order valence-corrected chi connectivity index (χ2v) is 6.74. The molecule has 0 bridgehead atoms. The van der Waals surface area contributed by atoms with Gasteiger partial charge in [0.05, 0.1) is 10.6 Å². The molecular weight excluding hydrogens is 328 g/mol. The van der Waals surface area contributed by atoms with E-state index in [1.807, 2.05) is 50.3 Å². The molecule has 3 rings (SSSR count). The number of benzene rings is 2. The van der Waals surface area contributed by atoms with Crippen LogP contribution in [0.3, 0.4) is 0 Å². The van der Waals surface area contributed by atoms with E-state index in [4.69, 9.17) is 11.6 Å². The molecule has 2 aromatic rings. The number of carbonyl (C=O) groups is 1. The summed E-state index contributed by atoms with van der Waals surface area (Å²) in [5.74, 6) is -0.130. The predicted molar refractivity (Wildman–Crippen MR) is 98.2 cm³/mol. The fraction of sp³-hybridized carbons (Fsp3) is 0.111. The molecule has 0 radical (unpaired) electrons. The first-order valence-electron chi connectivity index (χ1n) is 7.14. The molecule has 0 saturated carbocycles. The number of nitrogens with zero attached hydrogens (tertiary/aromatic N) is 1. The first-order valence-corrected chi connectivity index (χ1v) is 8.34. The van der Waals surface area contributed by atoms with Gasteiger partial charge in [0, 0.05) is 5.02 Å². The van der Waals surface area contributed by atoms with E-state index in [2.05, 4.69) is 10.3 Å². The number of aliphatic imine (C=N–C) groups is 1. The zero-order valence-corrected chi connectivity index (χ0v) is 14.3. The lowest BCUT2D eigenvalue weighted by Crippen LogP contribution is -2.19. The van der Waals surface area contributed by atoms with Gasteiger partial charge in [-0.3, -0.25) is 4.79 Å². The Morgan fingerprint density at radius 2 is 1.74 bits per heavy atom. The van der Waals surface area contributed by atoms with Gasteiger partial charge in [-0.15, -0.1) is 0 Å². The summed E-state index contributed by atoms with van der Waals surface area (Å²) < 4.78 is 0. The molecule has 1 amide bonds. The smallest absolute Gasteiger partial charge is 0.264 e. The monoisotopic (exact) mass is 342 g/mol. The van der Waals surface area contributed by atoms with Gasteiger partial charge in [0.15, 0.2) is 5.17 Å². The van der Waals surface area contributed by atoms with Crippen LogP contribution in [-0.4, -0.2) is 11.1 Å². The van der Waals surface area contributed by atoms with Crippen molar-refractivity contribution >= 4 is 46.2 Å². The molecule has 1 saturated heterocycles. The zero-order chi connectivity index (χ0) is 16.4. The number of rotatable bonds is 2. The maximum absolute atomic E-state index is 12.1. The van der Waals surface area contributed by atoms with Gasteiger partial charge in [-0.2, -0.15) is 0 Å². The molecule has 23 heavy (non-hydrogen) atoms. The van der Waals surface area contributed by atoms with Crippen LogP contribution in [0, 0.1) is 13.8 Å². The Hall–Kier alpha value is -2.04. The van der Waals surface area contributed by atoms with E-state index in [0.29, 0.717) is 15.1 Å². The van der Waals surface area contributed by atoms with Gasteiger partial charge < -0.3 is 5.32 Å². The zero-order valence-electron chi connectivity index (χ0n) is 12.8. The third kappa shape index (κ3) is 3.66. The van der Waals surface area contributed by atoms with E-state index in [-0.39, 0.29) is 5.91 Å². The Labute approximate surface area is 144 Å². The van der Waals surface area contributed by atoms with Crippen molar-refractivity contribution in [1.29, 1.82) is 0 Å². The van der Waals surface area contributed by atoms with Crippen molar-refractivity contribution in [3.05, 3.63) is 69.1 Å². The SMILES string of the molecule is Cc1cccc(C)c1N=C1NC(=O)/C(=C\c2ccc(Cl)cc2)S1. The highest BCUT2D eigenvalue weighted by molar-refractivity contribution is 8.18. The van der Waals surface area contributed by atoms with E-state index in [9.17, 15) is 4.79 Å². The molecule has 1 N–H and O–H groups in total. The number of nitrogens with one attached hydrogen (secondary N) is 1. The maximum Gasteiger partial charge on any atom is 0.264 e. The van der Waals surface area contributed by atoms with Crippen LogP contribution in [0.15, 0.2) is 52.4 Å². The minimum atomic E-state index is -0.130. The number of halogens is 1. The van der Waals surface area contributed by atoms with Crippen LogP contribution < -0.4 is 5.32 Å². The Balaban J connectivity index is 1.88. The molecule has 3 nitrogen and oxygen atoms in total. The minimum Gasteiger partial charge on any atom is -0.300 e. The second-order valence-electron chi connectivity index (χ2n) is 5.27. The average Bonchev–Trinajstić information content (AvgIpc) is 2.85. The fourth-order valence-corrected chi connectivity index (χ4v) is 3.23. The summed E-state index contributed by atoms with van der Waals surface area (Å²) >= 11 is 7.22. The molecule has 1 aliphatic rings. The first kappa shape index (κ1) is 15.8. The predicted octanol–water partition coefficient (Wildman–Crippen LogP) is 4.85. The second kappa shape index (κ2) is 6.60. The highest BCUT2D eigenvalue weighted by Gasteiger charge is 2.24. The van der Waals surface area contributed by atoms with Gasteiger partial charge in [0.2, 0.25) is 0 Å². The first-order chi connectivity index (χ1) is 11.0. The number of hydrogen-bond donors (Lipinski definition) is 1. The lowest BCUT2D eigenvalue weighted by Gasteiger charge is -2.04. The normalized spacial score (nSPS) is 17.8. The van der Waals surface area contributed by atoms with Crippen LogP contribution in [0.1, 0.15) is 16.7 Å². The summed E-state index contributed by atoms with van der Waals surface area (Å²) in [7, 11) is 0. The van der Waals surface area contributed by atoms with Crippen molar-refractivity contribution in [3.63, 3.8) is 0 Å². The summed E-state index contributed by atoms with van der Waals surface area (Å²) in [6.07, 6.45) is 1.84. The van der Waals surface area contributed by atoms with Gasteiger partial charge in [-0.05, 0) is 60.5 Å². The Kier molecular flexibility index (Phi) is 4.55. The summed E-state index contributed by atoms with van der Waals surface area (Å²) in [4.78, 5) is 17.3. The number of hydrogen-bond acceptors (Lipinski definition) is 3. The Morgan fingerprint density at radius 3 is 2.39 bits per heavy atom. The summed E-state index contributed by atoms with van der Waals surface area (Å²) in [6, 6.07) is 13.4. The number of thioether (sulfide) groups is 1. The van der Waals surface area contributed by atoms with Gasteiger partial charge >= 0.3 is 0 Å². The Morgan fingerprint density at radius 1 is 1.09 bits per heavy atom. The van der Waals surface area contributed by atoms with Gasteiger partial charge in [-0.25, -0.2) is 4.99 Å². The average molecular weight is 343 g/mol. The molecule has 0 spiro atoms. The number of aryl methyl sites for hydroxylation is 2. The third-order valence-corrected chi connectivity index (χ3v) is 4.63. The Bertz CT molecular complexity index is 805.